The third-order valence-corrected chi connectivity index (χ3v) is 6.49. The summed E-state index contributed by atoms with van der Waals surface area (Å²) in [7, 11) is -3.06. The Morgan fingerprint density at radius 2 is 1.27 bits per heavy atom. The lowest BCUT2D eigenvalue weighted by Crippen LogP contribution is -2.04. The second-order valence-corrected chi connectivity index (χ2v) is 9.22. The van der Waals surface area contributed by atoms with Gasteiger partial charge in [0, 0.05) is 0 Å². The van der Waals surface area contributed by atoms with Gasteiger partial charge in [-0.15, -0.1) is 0 Å². The molecule has 0 aliphatic heterocycles. The Bertz CT molecular complexity index is 476. The first-order chi connectivity index (χ1) is 12.7. The van der Waals surface area contributed by atoms with Gasteiger partial charge in [-0.1, -0.05) is 96.3 Å². The predicted molar refractivity (Wildman–Crippen MR) is 112 cm³/mol. The molecule has 0 aromatic heterocycles. The predicted octanol–water partition coefficient (Wildman–Crippen LogP) is 8.00. The van der Waals surface area contributed by atoms with Gasteiger partial charge in [0.1, 0.15) is 5.75 Å². The van der Waals surface area contributed by atoms with Crippen molar-refractivity contribution in [3.63, 3.8) is 0 Å². The maximum absolute atomic E-state index is 13.2. The molecule has 3 nitrogen and oxygen atoms in total. The lowest BCUT2D eigenvalue weighted by atomic mass is 10.1. The topological polar surface area (TPSA) is 35.5 Å². The van der Waals surface area contributed by atoms with Gasteiger partial charge in [-0.3, -0.25) is 4.52 Å². The van der Waals surface area contributed by atoms with Gasteiger partial charge >= 0.3 is 7.60 Å². The minimum absolute atomic E-state index is 0.518. The summed E-state index contributed by atoms with van der Waals surface area (Å²) < 4.78 is 24.8. The maximum Gasteiger partial charge on any atom is 0.379 e. The van der Waals surface area contributed by atoms with Crippen LogP contribution in [0.25, 0.3) is 0 Å². The zero-order valence-corrected chi connectivity index (χ0v) is 17.9. The van der Waals surface area contributed by atoms with Crippen LogP contribution in [0.3, 0.4) is 0 Å². The first kappa shape index (κ1) is 23.2. The number of unbranched alkanes of at least 4 members (excludes halogenated alkanes) is 10. The highest BCUT2D eigenvalue weighted by Crippen LogP contribution is 2.49. The van der Waals surface area contributed by atoms with E-state index < -0.39 is 7.60 Å². The molecule has 1 rings (SSSR count). The van der Waals surface area contributed by atoms with Gasteiger partial charge in [0.2, 0.25) is 0 Å². The molecule has 0 saturated carbocycles. The molecule has 0 heterocycles. The smallest absolute Gasteiger partial charge is 0.379 e. The molecule has 26 heavy (non-hydrogen) atoms. The van der Waals surface area contributed by atoms with Crippen LogP contribution in [0.2, 0.25) is 0 Å². The van der Waals surface area contributed by atoms with E-state index in [2.05, 4.69) is 13.8 Å². The van der Waals surface area contributed by atoms with Gasteiger partial charge < -0.3 is 4.52 Å². The molecular formula is C22H39O3P. The second kappa shape index (κ2) is 15.3. The molecule has 0 aliphatic carbocycles. The molecule has 4 heteroatoms. The Kier molecular flexibility index (Phi) is 13.7. The minimum atomic E-state index is -3.06. The number of para-hydroxylation sites is 1. The van der Waals surface area contributed by atoms with Crippen LogP contribution in [-0.4, -0.2) is 12.8 Å². The summed E-state index contributed by atoms with van der Waals surface area (Å²) >= 11 is 0. The lowest BCUT2D eigenvalue weighted by Gasteiger charge is -2.19. The van der Waals surface area contributed by atoms with Crippen LogP contribution in [0.4, 0.5) is 0 Å². The van der Waals surface area contributed by atoms with Gasteiger partial charge in [-0.2, -0.15) is 0 Å². The highest BCUT2D eigenvalue weighted by molar-refractivity contribution is 7.54. The summed E-state index contributed by atoms with van der Waals surface area (Å²) in [5.74, 6) is 0.643. The van der Waals surface area contributed by atoms with E-state index in [1.165, 1.54) is 51.4 Å². The summed E-state index contributed by atoms with van der Waals surface area (Å²) in [6.07, 6.45) is 14.7. The van der Waals surface area contributed by atoms with Crippen molar-refractivity contribution in [1.82, 2.24) is 0 Å². The first-order valence-electron chi connectivity index (χ1n) is 10.7. The zero-order valence-electron chi connectivity index (χ0n) is 17.0. The molecule has 0 fully saturated rings. The van der Waals surface area contributed by atoms with E-state index in [1.807, 2.05) is 30.3 Å². The quantitative estimate of drug-likeness (QED) is 0.202. The van der Waals surface area contributed by atoms with Crippen molar-refractivity contribution in [2.75, 3.05) is 12.8 Å². The van der Waals surface area contributed by atoms with Crippen LogP contribution < -0.4 is 4.52 Å². The fraction of sp³-hybridized carbons (Fsp3) is 0.727. The molecule has 0 saturated heterocycles. The molecule has 0 N–H and O–H groups in total. The Morgan fingerprint density at radius 3 is 1.88 bits per heavy atom. The van der Waals surface area contributed by atoms with Crippen LogP contribution >= 0.6 is 7.60 Å². The Morgan fingerprint density at radius 1 is 0.731 bits per heavy atom. The van der Waals surface area contributed by atoms with Crippen LogP contribution in [0.1, 0.15) is 90.9 Å². The molecule has 150 valence electrons. The lowest BCUT2D eigenvalue weighted by molar-refractivity contribution is 0.256. The van der Waals surface area contributed by atoms with Gasteiger partial charge in [-0.05, 0) is 25.0 Å². The summed E-state index contributed by atoms with van der Waals surface area (Å²) in [6, 6.07) is 9.43. The van der Waals surface area contributed by atoms with Crippen molar-refractivity contribution in [2.45, 2.75) is 90.9 Å². The fourth-order valence-electron chi connectivity index (χ4n) is 2.95. The molecule has 1 atom stereocenters. The largest absolute Gasteiger partial charge is 0.424 e. The number of hydrogen-bond donors (Lipinski definition) is 0. The molecule has 0 bridgehead atoms. The van der Waals surface area contributed by atoms with E-state index >= 15 is 0 Å². The maximum atomic E-state index is 13.2. The van der Waals surface area contributed by atoms with Crippen LogP contribution in [0.15, 0.2) is 30.3 Å². The van der Waals surface area contributed by atoms with E-state index in [4.69, 9.17) is 9.05 Å². The van der Waals surface area contributed by atoms with Crippen molar-refractivity contribution in [3.8, 4) is 5.75 Å². The number of rotatable bonds is 17. The average molecular weight is 383 g/mol. The van der Waals surface area contributed by atoms with Crippen LogP contribution in [0.5, 0.6) is 5.75 Å². The number of hydrogen-bond acceptors (Lipinski definition) is 3. The number of benzene rings is 1. The summed E-state index contributed by atoms with van der Waals surface area (Å²) in [5.41, 5.74) is 0. The van der Waals surface area contributed by atoms with Gasteiger partial charge in [-0.25, -0.2) is 4.57 Å². The fourth-order valence-corrected chi connectivity index (χ4v) is 4.68. The molecule has 1 aromatic carbocycles. The van der Waals surface area contributed by atoms with Crippen LogP contribution in [0, 0.1) is 0 Å². The van der Waals surface area contributed by atoms with E-state index in [1.54, 1.807) is 0 Å². The average Bonchev–Trinajstić information content (AvgIpc) is 2.65. The molecule has 0 radical (unpaired) electrons. The second-order valence-electron chi connectivity index (χ2n) is 7.11. The summed E-state index contributed by atoms with van der Waals surface area (Å²) in [4.78, 5) is 0. The Labute approximate surface area is 161 Å². The van der Waals surface area contributed by atoms with E-state index in [0.29, 0.717) is 18.5 Å². The van der Waals surface area contributed by atoms with E-state index in [9.17, 15) is 4.57 Å². The van der Waals surface area contributed by atoms with Crippen molar-refractivity contribution >= 4 is 7.60 Å². The highest BCUT2D eigenvalue weighted by atomic mass is 31.2. The van der Waals surface area contributed by atoms with Crippen molar-refractivity contribution in [2.24, 2.45) is 0 Å². The van der Waals surface area contributed by atoms with Crippen molar-refractivity contribution in [1.29, 1.82) is 0 Å². The SMILES string of the molecule is CCCCCCCCOP(=O)(CCCCCCCC)Oc1ccccc1. The molecular weight excluding hydrogens is 343 g/mol. The standard InChI is InChI=1S/C22H39O3P/c1-3-5-7-9-11-16-20-24-26(23,21-17-12-10-8-6-4-2)25-22-18-14-13-15-19-22/h13-15,18-19H,3-12,16-17,20-21H2,1-2H3. The highest BCUT2D eigenvalue weighted by Gasteiger charge is 2.25. The van der Waals surface area contributed by atoms with Gasteiger partial charge in [0.15, 0.2) is 0 Å². The van der Waals surface area contributed by atoms with E-state index in [-0.39, 0.29) is 0 Å². The molecule has 0 amide bonds. The van der Waals surface area contributed by atoms with Crippen LogP contribution in [-0.2, 0) is 9.09 Å². The third kappa shape index (κ3) is 11.8. The Balaban J connectivity index is 2.38. The van der Waals surface area contributed by atoms with Crippen molar-refractivity contribution in [3.05, 3.63) is 30.3 Å². The third-order valence-electron chi connectivity index (χ3n) is 4.56. The van der Waals surface area contributed by atoms with Crippen molar-refractivity contribution < 1.29 is 13.6 Å². The van der Waals surface area contributed by atoms with Gasteiger partial charge in [0.25, 0.3) is 0 Å². The van der Waals surface area contributed by atoms with Gasteiger partial charge in [0.05, 0.1) is 12.8 Å². The molecule has 0 aliphatic rings. The Hall–Kier alpha value is -0.790. The summed E-state index contributed by atoms with van der Waals surface area (Å²) in [6.45, 7) is 4.98. The molecule has 1 aromatic rings. The normalized spacial score (nSPS) is 13.5. The first-order valence-corrected chi connectivity index (χ1v) is 12.4. The molecule has 0 spiro atoms. The van der Waals surface area contributed by atoms with E-state index in [0.717, 1.165) is 25.7 Å². The monoisotopic (exact) mass is 382 g/mol. The zero-order chi connectivity index (χ0) is 18.9. The molecule has 1 unspecified atom stereocenters. The minimum Gasteiger partial charge on any atom is -0.424 e. The summed E-state index contributed by atoms with van der Waals surface area (Å²) in [5, 5.41) is 0.